The van der Waals surface area contributed by atoms with Gasteiger partial charge in [0.05, 0.1) is 18.4 Å². The van der Waals surface area contributed by atoms with Crippen molar-refractivity contribution in [2.45, 2.75) is 12.8 Å². The van der Waals surface area contributed by atoms with Crippen LogP contribution >= 0.6 is 11.6 Å². The second-order valence-corrected chi connectivity index (χ2v) is 5.37. The minimum absolute atomic E-state index is 0.318. The molecule has 0 atom stereocenters. The minimum atomic E-state index is -0.318. The van der Waals surface area contributed by atoms with Gasteiger partial charge in [-0.05, 0) is 42.2 Å². The number of ether oxygens (including phenoxy) is 1. The topological polar surface area (TPSA) is 39.2 Å². The lowest BCUT2D eigenvalue weighted by molar-refractivity contribution is 0.0599. The van der Waals surface area contributed by atoms with Crippen molar-refractivity contribution in [2.24, 2.45) is 0 Å². The largest absolute Gasteiger partial charge is 0.465 e. The van der Waals surface area contributed by atoms with Gasteiger partial charge >= 0.3 is 5.97 Å². The Morgan fingerprint density at radius 1 is 1.33 bits per heavy atom. The molecule has 1 aromatic carbocycles. The summed E-state index contributed by atoms with van der Waals surface area (Å²) in [6.45, 7) is 0. The summed E-state index contributed by atoms with van der Waals surface area (Å²) in [5.41, 5.74) is 4.65. The predicted molar refractivity (Wildman–Crippen MR) is 82.4 cm³/mol. The number of rotatable bonds is 3. The maximum Gasteiger partial charge on any atom is 0.338 e. The first kappa shape index (κ1) is 13.8. The Hall–Kier alpha value is -2.13. The van der Waals surface area contributed by atoms with Crippen LogP contribution in [0.25, 0.3) is 6.08 Å². The first-order valence-electron chi connectivity index (χ1n) is 6.68. The van der Waals surface area contributed by atoms with Gasteiger partial charge in [0.25, 0.3) is 0 Å². The maximum atomic E-state index is 11.8. The maximum absolute atomic E-state index is 11.8. The third-order valence-corrected chi connectivity index (χ3v) is 3.98. The van der Waals surface area contributed by atoms with Crippen molar-refractivity contribution in [1.29, 1.82) is 0 Å². The second kappa shape index (κ2) is 5.70. The van der Waals surface area contributed by atoms with Crippen molar-refractivity contribution in [1.82, 2.24) is 4.98 Å². The van der Waals surface area contributed by atoms with Gasteiger partial charge in [-0.1, -0.05) is 35.4 Å². The fraction of sp³-hybridized carbons (Fsp3) is 0.176. The smallest absolute Gasteiger partial charge is 0.338 e. The van der Waals surface area contributed by atoms with Gasteiger partial charge in [0.2, 0.25) is 0 Å². The number of aromatic nitrogens is 1. The number of hydrogen-bond donors (Lipinski definition) is 0. The summed E-state index contributed by atoms with van der Waals surface area (Å²) in [6.07, 6.45) is 5.14. The third-order valence-electron chi connectivity index (χ3n) is 3.61. The fourth-order valence-electron chi connectivity index (χ4n) is 2.59. The highest BCUT2D eigenvalue weighted by molar-refractivity contribution is 6.31. The number of esters is 1. The average molecular weight is 300 g/mol. The number of halogens is 1. The van der Waals surface area contributed by atoms with E-state index in [1.807, 2.05) is 30.3 Å². The molecular weight excluding hydrogens is 286 g/mol. The lowest BCUT2D eigenvalue weighted by Crippen LogP contribution is -2.06. The number of allylic oxidation sites excluding steroid dienone is 1. The van der Waals surface area contributed by atoms with E-state index in [9.17, 15) is 4.79 Å². The van der Waals surface area contributed by atoms with Gasteiger partial charge in [0.1, 0.15) is 0 Å². The van der Waals surface area contributed by atoms with E-state index in [0.29, 0.717) is 12.0 Å². The zero-order valence-corrected chi connectivity index (χ0v) is 12.4. The van der Waals surface area contributed by atoms with E-state index >= 15 is 0 Å². The van der Waals surface area contributed by atoms with Crippen LogP contribution < -0.4 is 0 Å². The van der Waals surface area contributed by atoms with Gasteiger partial charge < -0.3 is 4.74 Å². The quantitative estimate of drug-likeness (QED) is 0.811. The molecule has 0 bridgehead atoms. The minimum Gasteiger partial charge on any atom is -0.465 e. The number of pyridine rings is 1. The summed E-state index contributed by atoms with van der Waals surface area (Å²) in [6, 6.07) is 9.50. The Morgan fingerprint density at radius 3 is 2.90 bits per heavy atom. The Kier molecular flexibility index (Phi) is 3.76. The van der Waals surface area contributed by atoms with Crippen molar-refractivity contribution < 1.29 is 9.53 Å². The average Bonchev–Trinajstić information content (AvgIpc) is 2.91. The van der Waals surface area contributed by atoms with Gasteiger partial charge in [-0.3, -0.25) is 4.98 Å². The highest BCUT2D eigenvalue weighted by Gasteiger charge is 2.21. The standard InChI is InChI=1S/C17H14ClNO2/c1-21-17(20)13-6-7-19-16-10-11(9-14(13)16)8-12-4-2-3-5-15(12)18/h2-7,10H,8-9H2,1H3. The molecular formula is C17H14ClNO2. The Balaban J connectivity index is 1.87. The van der Waals surface area contributed by atoms with E-state index < -0.39 is 0 Å². The van der Waals surface area contributed by atoms with Crippen LogP contribution in [0.5, 0.6) is 0 Å². The lowest BCUT2D eigenvalue weighted by Gasteiger charge is -2.07. The van der Waals surface area contributed by atoms with E-state index in [-0.39, 0.29) is 5.97 Å². The van der Waals surface area contributed by atoms with Crippen LogP contribution in [0.15, 0.2) is 42.1 Å². The molecule has 0 saturated heterocycles. The van der Waals surface area contributed by atoms with Crippen LogP contribution in [0.2, 0.25) is 5.02 Å². The molecule has 2 aromatic rings. The van der Waals surface area contributed by atoms with E-state index in [1.54, 1.807) is 12.3 Å². The molecule has 0 aliphatic heterocycles. The highest BCUT2D eigenvalue weighted by atomic mass is 35.5. The Labute approximate surface area is 128 Å². The number of fused-ring (bicyclic) bond motifs is 1. The SMILES string of the molecule is COC(=O)c1ccnc2c1CC(Cc1ccccc1Cl)=C2. The van der Waals surface area contributed by atoms with Crippen LogP contribution in [0, 0.1) is 0 Å². The van der Waals surface area contributed by atoms with Crippen LogP contribution in [-0.4, -0.2) is 18.1 Å². The second-order valence-electron chi connectivity index (χ2n) is 4.96. The van der Waals surface area contributed by atoms with Crippen LogP contribution in [-0.2, 0) is 17.6 Å². The van der Waals surface area contributed by atoms with Gasteiger partial charge in [-0.25, -0.2) is 4.79 Å². The summed E-state index contributed by atoms with van der Waals surface area (Å²) >= 11 is 6.20. The lowest BCUT2D eigenvalue weighted by atomic mass is 10.0. The first-order chi connectivity index (χ1) is 10.2. The molecule has 0 spiro atoms. The number of carbonyl (C=O) groups is 1. The van der Waals surface area contributed by atoms with E-state index in [4.69, 9.17) is 16.3 Å². The molecule has 0 amide bonds. The van der Waals surface area contributed by atoms with Crippen molar-refractivity contribution in [2.75, 3.05) is 7.11 Å². The molecule has 4 heteroatoms. The van der Waals surface area contributed by atoms with Crippen molar-refractivity contribution in [3.8, 4) is 0 Å². The number of benzene rings is 1. The van der Waals surface area contributed by atoms with Gasteiger partial charge in [0, 0.05) is 11.2 Å². The zero-order valence-electron chi connectivity index (χ0n) is 11.6. The van der Waals surface area contributed by atoms with Gasteiger partial charge in [-0.2, -0.15) is 0 Å². The first-order valence-corrected chi connectivity index (χ1v) is 7.06. The number of carbonyl (C=O) groups excluding carboxylic acids is 1. The summed E-state index contributed by atoms with van der Waals surface area (Å²) in [5.74, 6) is -0.318. The van der Waals surface area contributed by atoms with Crippen LogP contribution in [0.4, 0.5) is 0 Å². The Morgan fingerprint density at radius 2 is 2.14 bits per heavy atom. The highest BCUT2D eigenvalue weighted by Crippen LogP contribution is 2.30. The number of hydrogen-bond acceptors (Lipinski definition) is 3. The van der Waals surface area contributed by atoms with Gasteiger partial charge in [-0.15, -0.1) is 0 Å². The molecule has 1 aliphatic rings. The molecule has 1 aromatic heterocycles. The molecule has 3 nitrogen and oxygen atoms in total. The fourth-order valence-corrected chi connectivity index (χ4v) is 2.79. The molecule has 1 aliphatic carbocycles. The molecule has 1 heterocycles. The summed E-state index contributed by atoms with van der Waals surface area (Å²) in [5, 5.41) is 0.760. The third kappa shape index (κ3) is 2.69. The predicted octanol–water partition coefficient (Wildman–Crippen LogP) is 3.70. The summed E-state index contributed by atoms with van der Waals surface area (Å²) in [4.78, 5) is 16.1. The van der Waals surface area contributed by atoms with E-state index in [2.05, 4.69) is 4.98 Å². The van der Waals surface area contributed by atoms with Crippen molar-refractivity contribution in [3.05, 3.63) is 69.5 Å². The molecule has 0 fully saturated rings. The van der Waals surface area contributed by atoms with Crippen molar-refractivity contribution in [3.63, 3.8) is 0 Å². The normalized spacial score (nSPS) is 12.8. The zero-order chi connectivity index (χ0) is 14.8. The monoisotopic (exact) mass is 299 g/mol. The van der Waals surface area contributed by atoms with E-state index in [0.717, 1.165) is 28.3 Å². The molecule has 21 heavy (non-hydrogen) atoms. The number of methoxy groups -OCH3 is 1. The molecule has 106 valence electrons. The summed E-state index contributed by atoms with van der Waals surface area (Å²) < 4.78 is 4.82. The molecule has 0 saturated carbocycles. The van der Waals surface area contributed by atoms with E-state index in [1.165, 1.54) is 12.7 Å². The van der Waals surface area contributed by atoms with Gasteiger partial charge in [0.15, 0.2) is 0 Å². The molecule has 0 N–H and O–H groups in total. The number of nitrogens with zero attached hydrogens (tertiary/aromatic N) is 1. The van der Waals surface area contributed by atoms with Crippen molar-refractivity contribution >= 4 is 23.6 Å². The molecule has 3 rings (SSSR count). The molecule has 0 unspecified atom stereocenters. The molecule has 0 radical (unpaired) electrons. The summed E-state index contributed by atoms with van der Waals surface area (Å²) in [7, 11) is 1.39. The van der Waals surface area contributed by atoms with Crippen LogP contribution in [0.3, 0.4) is 0 Å². The Bertz CT molecular complexity index is 737. The van der Waals surface area contributed by atoms with Crippen LogP contribution in [0.1, 0.15) is 27.2 Å².